The highest BCUT2D eigenvalue weighted by molar-refractivity contribution is 4.97. The zero-order valence-electron chi connectivity index (χ0n) is 5.98. The molecule has 50 valence electrons. The van der Waals surface area contributed by atoms with Crippen LogP contribution in [0, 0.1) is 12.3 Å². The summed E-state index contributed by atoms with van der Waals surface area (Å²) in [6.45, 7) is 4.18. The van der Waals surface area contributed by atoms with Crippen LogP contribution < -0.4 is 0 Å². The van der Waals surface area contributed by atoms with E-state index < -0.39 is 0 Å². The summed E-state index contributed by atoms with van der Waals surface area (Å²) in [7, 11) is 0. The molecule has 0 saturated carbocycles. The van der Waals surface area contributed by atoms with E-state index in [9.17, 15) is 0 Å². The minimum absolute atomic E-state index is 0.122. The van der Waals surface area contributed by atoms with Crippen LogP contribution in [-0.2, 0) is 4.74 Å². The number of hydrogen-bond acceptors (Lipinski definition) is 1. The van der Waals surface area contributed by atoms with E-state index in [1.807, 2.05) is 0 Å². The molecule has 1 aliphatic heterocycles. The summed E-state index contributed by atoms with van der Waals surface area (Å²) in [6.07, 6.45) is 7.37. The highest BCUT2D eigenvalue weighted by atomic mass is 16.6. The van der Waals surface area contributed by atoms with Crippen molar-refractivity contribution in [3.8, 4) is 12.3 Å². The van der Waals surface area contributed by atoms with Gasteiger partial charge in [-0.05, 0) is 20.3 Å². The molecular formula is C8H12O. The fourth-order valence-electron chi connectivity index (χ4n) is 0.954. The van der Waals surface area contributed by atoms with Gasteiger partial charge in [-0.1, -0.05) is 0 Å². The summed E-state index contributed by atoms with van der Waals surface area (Å²) in [5.74, 6) is 2.60. The Morgan fingerprint density at radius 1 is 1.67 bits per heavy atom. The van der Waals surface area contributed by atoms with Crippen molar-refractivity contribution >= 4 is 0 Å². The van der Waals surface area contributed by atoms with Crippen LogP contribution in [0.4, 0.5) is 0 Å². The first-order valence-electron chi connectivity index (χ1n) is 3.28. The molecular weight excluding hydrogens is 112 g/mol. The van der Waals surface area contributed by atoms with Crippen molar-refractivity contribution < 1.29 is 4.74 Å². The molecule has 0 aromatic rings. The lowest BCUT2D eigenvalue weighted by molar-refractivity contribution is 0.320. The third-order valence-electron chi connectivity index (χ3n) is 1.72. The Hall–Kier alpha value is -0.480. The van der Waals surface area contributed by atoms with Gasteiger partial charge in [-0.3, -0.25) is 0 Å². The van der Waals surface area contributed by atoms with Crippen LogP contribution in [0.2, 0.25) is 0 Å². The van der Waals surface area contributed by atoms with Crippen LogP contribution in [0.3, 0.4) is 0 Å². The molecule has 0 aromatic heterocycles. The second-order valence-electron chi connectivity index (χ2n) is 2.95. The highest BCUT2D eigenvalue weighted by Gasteiger charge is 2.46. The largest absolute Gasteiger partial charge is 0.367 e. The first-order valence-corrected chi connectivity index (χ1v) is 3.28. The van der Waals surface area contributed by atoms with E-state index in [4.69, 9.17) is 11.2 Å². The average Bonchev–Trinajstić information content (AvgIpc) is 2.35. The molecule has 0 aromatic carbocycles. The van der Waals surface area contributed by atoms with Gasteiger partial charge in [-0.25, -0.2) is 0 Å². The topological polar surface area (TPSA) is 12.5 Å². The number of ether oxygens (including phenoxy) is 1. The molecule has 0 radical (unpaired) electrons. The van der Waals surface area contributed by atoms with Gasteiger partial charge in [0, 0.05) is 6.42 Å². The van der Waals surface area contributed by atoms with Crippen molar-refractivity contribution in [2.24, 2.45) is 0 Å². The lowest BCUT2D eigenvalue weighted by Gasteiger charge is -1.90. The predicted molar refractivity (Wildman–Crippen MR) is 37.0 cm³/mol. The van der Waals surface area contributed by atoms with E-state index in [-0.39, 0.29) is 5.60 Å². The Morgan fingerprint density at radius 2 is 2.22 bits per heavy atom. The Morgan fingerprint density at radius 3 is 2.56 bits per heavy atom. The van der Waals surface area contributed by atoms with E-state index in [0.717, 1.165) is 12.8 Å². The fourth-order valence-corrected chi connectivity index (χ4v) is 0.954. The highest BCUT2D eigenvalue weighted by Crippen LogP contribution is 2.37. The minimum Gasteiger partial charge on any atom is -0.367 e. The van der Waals surface area contributed by atoms with Gasteiger partial charge in [0.05, 0.1) is 11.7 Å². The summed E-state index contributed by atoms with van der Waals surface area (Å²) in [5, 5.41) is 0. The molecule has 1 rings (SSSR count). The van der Waals surface area contributed by atoms with Crippen molar-refractivity contribution in [1.29, 1.82) is 0 Å². The summed E-state index contributed by atoms with van der Waals surface area (Å²) < 4.78 is 5.31. The van der Waals surface area contributed by atoms with Gasteiger partial charge in [0.15, 0.2) is 0 Å². The maximum atomic E-state index is 5.31. The van der Waals surface area contributed by atoms with Gasteiger partial charge >= 0.3 is 0 Å². The van der Waals surface area contributed by atoms with Crippen LogP contribution in [0.5, 0.6) is 0 Å². The SMILES string of the molecule is C#CCCC1OC1(C)C. The van der Waals surface area contributed by atoms with E-state index in [1.54, 1.807) is 0 Å². The Kier molecular flexibility index (Phi) is 1.50. The first kappa shape index (κ1) is 6.64. The molecule has 1 nitrogen and oxygen atoms in total. The molecule has 1 unspecified atom stereocenters. The molecule has 0 aliphatic carbocycles. The molecule has 1 aliphatic rings. The molecule has 1 fully saturated rings. The lowest BCUT2D eigenvalue weighted by Crippen LogP contribution is -2.01. The molecule has 0 amide bonds. The predicted octanol–water partition coefficient (Wildman–Crippen LogP) is 1.58. The van der Waals surface area contributed by atoms with E-state index in [0.29, 0.717) is 6.10 Å². The van der Waals surface area contributed by atoms with Crippen molar-refractivity contribution in [1.82, 2.24) is 0 Å². The first-order chi connectivity index (χ1) is 4.17. The van der Waals surface area contributed by atoms with Gasteiger partial charge in [-0.2, -0.15) is 0 Å². The van der Waals surface area contributed by atoms with Crippen LogP contribution in [0.15, 0.2) is 0 Å². The van der Waals surface area contributed by atoms with E-state index in [1.165, 1.54) is 0 Å². The Bertz CT molecular complexity index is 141. The van der Waals surface area contributed by atoms with Gasteiger partial charge < -0.3 is 4.74 Å². The zero-order chi connectivity index (χ0) is 6.91. The van der Waals surface area contributed by atoms with Crippen molar-refractivity contribution in [3.05, 3.63) is 0 Å². The van der Waals surface area contributed by atoms with Crippen LogP contribution >= 0.6 is 0 Å². The molecule has 0 spiro atoms. The van der Waals surface area contributed by atoms with Gasteiger partial charge in [0.1, 0.15) is 0 Å². The fraction of sp³-hybridized carbons (Fsp3) is 0.750. The molecule has 0 bridgehead atoms. The van der Waals surface area contributed by atoms with E-state index >= 15 is 0 Å². The molecule has 0 N–H and O–H groups in total. The normalized spacial score (nSPS) is 29.2. The molecule has 1 saturated heterocycles. The lowest BCUT2D eigenvalue weighted by atomic mass is 10.1. The summed E-state index contributed by atoms with van der Waals surface area (Å²) in [4.78, 5) is 0. The van der Waals surface area contributed by atoms with Gasteiger partial charge in [-0.15, -0.1) is 12.3 Å². The third kappa shape index (κ3) is 1.46. The Balaban J connectivity index is 2.14. The minimum atomic E-state index is 0.122. The molecule has 1 heteroatoms. The second-order valence-corrected chi connectivity index (χ2v) is 2.95. The van der Waals surface area contributed by atoms with Gasteiger partial charge in [0.2, 0.25) is 0 Å². The van der Waals surface area contributed by atoms with Crippen molar-refractivity contribution in [2.45, 2.75) is 38.4 Å². The van der Waals surface area contributed by atoms with Crippen LogP contribution in [0.1, 0.15) is 26.7 Å². The zero-order valence-corrected chi connectivity index (χ0v) is 5.98. The number of hydrogen-bond donors (Lipinski definition) is 0. The molecule has 1 atom stereocenters. The second kappa shape index (κ2) is 2.04. The van der Waals surface area contributed by atoms with E-state index in [2.05, 4.69) is 19.8 Å². The number of rotatable bonds is 2. The van der Waals surface area contributed by atoms with Crippen LogP contribution in [0.25, 0.3) is 0 Å². The monoisotopic (exact) mass is 124 g/mol. The molecule has 1 heterocycles. The third-order valence-corrected chi connectivity index (χ3v) is 1.72. The maximum absolute atomic E-state index is 5.31. The maximum Gasteiger partial charge on any atom is 0.0892 e. The summed E-state index contributed by atoms with van der Waals surface area (Å²) >= 11 is 0. The smallest absolute Gasteiger partial charge is 0.0892 e. The standard InChI is InChI=1S/C8H12O/c1-4-5-6-7-8(2,3)9-7/h1,7H,5-6H2,2-3H3. The van der Waals surface area contributed by atoms with Crippen LogP contribution in [-0.4, -0.2) is 11.7 Å². The van der Waals surface area contributed by atoms with Gasteiger partial charge in [0.25, 0.3) is 0 Å². The number of terminal acetylenes is 1. The average molecular weight is 124 g/mol. The van der Waals surface area contributed by atoms with Crippen molar-refractivity contribution in [2.75, 3.05) is 0 Å². The van der Waals surface area contributed by atoms with Crippen molar-refractivity contribution in [3.63, 3.8) is 0 Å². The quantitative estimate of drug-likeness (QED) is 0.402. The summed E-state index contributed by atoms with van der Waals surface area (Å²) in [6, 6.07) is 0. The summed E-state index contributed by atoms with van der Waals surface area (Å²) in [5.41, 5.74) is 0.122. The Labute approximate surface area is 56.4 Å². The molecule has 9 heavy (non-hydrogen) atoms. The number of epoxide rings is 1.